The van der Waals surface area contributed by atoms with Crippen LogP contribution in [0.5, 0.6) is 0 Å². The Kier molecular flexibility index (Phi) is 5.61. The van der Waals surface area contributed by atoms with Crippen molar-refractivity contribution in [2.45, 2.75) is 40.5 Å². The molecule has 0 atom stereocenters. The first kappa shape index (κ1) is 20.1. The van der Waals surface area contributed by atoms with Gasteiger partial charge in [0, 0.05) is 29.3 Å². The maximum atomic E-state index is 12.6. The minimum absolute atomic E-state index is 0.0272. The Morgan fingerprint density at radius 1 is 1.00 bits per heavy atom. The molecule has 150 valence electrons. The minimum atomic E-state index is -0.458. The van der Waals surface area contributed by atoms with Gasteiger partial charge >= 0.3 is 5.63 Å². The topological polar surface area (TPSA) is 76.9 Å². The molecule has 0 saturated carbocycles. The Morgan fingerprint density at radius 2 is 1.64 bits per heavy atom. The lowest BCUT2D eigenvalue weighted by Gasteiger charge is -2.11. The third kappa shape index (κ3) is 3.69. The molecule has 0 radical (unpaired) electrons. The van der Waals surface area contributed by atoms with Crippen molar-refractivity contribution in [3.8, 4) is 0 Å². The zero-order valence-corrected chi connectivity index (χ0v) is 17.5. The van der Waals surface area contributed by atoms with E-state index in [-0.39, 0.29) is 12.3 Å². The van der Waals surface area contributed by atoms with E-state index < -0.39 is 5.63 Å². The molecule has 0 aliphatic rings. The molecule has 0 bridgehead atoms. The van der Waals surface area contributed by atoms with E-state index in [4.69, 9.17) is 8.83 Å². The molecule has 0 fully saturated rings. The molecule has 2 heterocycles. The highest BCUT2D eigenvalue weighted by molar-refractivity contribution is 6.00. The molecule has 0 saturated heterocycles. The number of carbonyl (C=O) groups excluding carboxylic acids is 1. The number of rotatable bonds is 6. The summed E-state index contributed by atoms with van der Waals surface area (Å²) in [6, 6.07) is 2.00. The van der Waals surface area contributed by atoms with Crippen LogP contribution < -0.4 is 15.8 Å². The van der Waals surface area contributed by atoms with Crippen molar-refractivity contribution in [3.05, 3.63) is 44.5 Å². The van der Waals surface area contributed by atoms with E-state index in [0.29, 0.717) is 17.7 Å². The summed E-state index contributed by atoms with van der Waals surface area (Å²) in [5, 5.41) is 4.76. The van der Waals surface area contributed by atoms with Crippen molar-refractivity contribution < 1.29 is 18.5 Å². The van der Waals surface area contributed by atoms with Gasteiger partial charge in [0.2, 0.25) is 5.91 Å². The predicted molar refractivity (Wildman–Crippen MR) is 110 cm³/mol. The number of furan rings is 1. The highest BCUT2D eigenvalue weighted by atomic mass is 16.4. The summed E-state index contributed by atoms with van der Waals surface area (Å²) < 4.78 is 11.5. The van der Waals surface area contributed by atoms with Crippen LogP contribution in [0.2, 0.25) is 0 Å². The van der Waals surface area contributed by atoms with Crippen LogP contribution in [0.25, 0.3) is 21.9 Å². The van der Waals surface area contributed by atoms with Crippen molar-refractivity contribution in [2.75, 3.05) is 27.2 Å². The average Bonchev–Trinajstić information content (AvgIpc) is 2.92. The summed E-state index contributed by atoms with van der Waals surface area (Å²) in [4.78, 5) is 26.2. The molecular weight excluding hydrogens is 356 g/mol. The number of hydrogen-bond donors (Lipinski definition) is 2. The van der Waals surface area contributed by atoms with Gasteiger partial charge < -0.3 is 19.1 Å². The SMILES string of the molecule is Cc1oc2c(C)c3oc(=O)c(CC(=O)NCCC[NH+](C)C)c(C)c3cc2c1C. The fourth-order valence-corrected chi connectivity index (χ4v) is 3.59. The van der Waals surface area contributed by atoms with Gasteiger partial charge in [0.05, 0.1) is 32.6 Å². The standard InChI is InChI=1S/C22H28N2O4/c1-12-15(4)27-20-14(3)21-17(10-16(12)20)13(2)18(22(26)28-21)11-19(25)23-8-7-9-24(5)6/h10H,7-9,11H2,1-6H3,(H,23,25)/p+1. The van der Waals surface area contributed by atoms with E-state index in [2.05, 4.69) is 19.4 Å². The van der Waals surface area contributed by atoms with Gasteiger partial charge in [-0.05, 0) is 44.9 Å². The molecule has 3 aromatic rings. The van der Waals surface area contributed by atoms with Crippen molar-refractivity contribution >= 4 is 27.8 Å². The van der Waals surface area contributed by atoms with Crippen LogP contribution in [-0.4, -0.2) is 33.1 Å². The molecule has 6 heteroatoms. The molecule has 2 N–H and O–H groups in total. The molecule has 0 spiro atoms. The Labute approximate surface area is 164 Å². The van der Waals surface area contributed by atoms with Gasteiger partial charge in [-0.2, -0.15) is 0 Å². The molecule has 0 aliphatic heterocycles. The minimum Gasteiger partial charge on any atom is -0.461 e. The van der Waals surface area contributed by atoms with E-state index in [1.54, 1.807) is 0 Å². The number of fused-ring (bicyclic) bond motifs is 2. The first-order valence-corrected chi connectivity index (χ1v) is 9.72. The van der Waals surface area contributed by atoms with Crippen LogP contribution in [0.4, 0.5) is 0 Å². The van der Waals surface area contributed by atoms with Crippen molar-refractivity contribution in [1.29, 1.82) is 0 Å². The number of amides is 1. The van der Waals surface area contributed by atoms with E-state index in [1.807, 2.05) is 33.8 Å². The van der Waals surface area contributed by atoms with Gasteiger partial charge in [-0.1, -0.05) is 0 Å². The van der Waals surface area contributed by atoms with E-state index in [0.717, 1.165) is 51.8 Å². The smallest absolute Gasteiger partial charge is 0.340 e. The van der Waals surface area contributed by atoms with Crippen molar-refractivity contribution in [2.24, 2.45) is 0 Å². The molecule has 6 nitrogen and oxygen atoms in total. The zero-order chi connectivity index (χ0) is 20.6. The quantitative estimate of drug-likeness (QED) is 0.502. The monoisotopic (exact) mass is 385 g/mol. The number of aryl methyl sites for hydroxylation is 4. The van der Waals surface area contributed by atoms with Crippen LogP contribution in [0.3, 0.4) is 0 Å². The first-order chi connectivity index (χ1) is 13.2. The number of nitrogens with one attached hydrogen (secondary N) is 2. The highest BCUT2D eigenvalue weighted by Crippen LogP contribution is 2.34. The van der Waals surface area contributed by atoms with Gasteiger partial charge in [0.1, 0.15) is 16.9 Å². The van der Waals surface area contributed by atoms with Crippen LogP contribution in [0.15, 0.2) is 19.7 Å². The van der Waals surface area contributed by atoms with Gasteiger partial charge in [0.25, 0.3) is 0 Å². The number of quaternary nitrogens is 1. The summed E-state index contributed by atoms with van der Waals surface area (Å²) in [5.41, 5.74) is 3.92. The summed E-state index contributed by atoms with van der Waals surface area (Å²) in [6.07, 6.45) is 0.926. The lowest BCUT2D eigenvalue weighted by Crippen LogP contribution is -3.05. The molecular formula is C22H29N2O4+. The second kappa shape index (κ2) is 7.80. The van der Waals surface area contributed by atoms with Gasteiger partial charge in [-0.3, -0.25) is 4.79 Å². The highest BCUT2D eigenvalue weighted by Gasteiger charge is 2.20. The maximum absolute atomic E-state index is 12.6. The molecule has 1 amide bonds. The summed E-state index contributed by atoms with van der Waals surface area (Å²) in [5.74, 6) is 0.698. The van der Waals surface area contributed by atoms with Gasteiger partial charge in [-0.25, -0.2) is 4.79 Å². The maximum Gasteiger partial charge on any atom is 0.340 e. The lowest BCUT2D eigenvalue weighted by molar-refractivity contribution is -0.858. The molecule has 3 rings (SSSR count). The van der Waals surface area contributed by atoms with Gasteiger partial charge in [-0.15, -0.1) is 0 Å². The second-order valence-electron chi connectivity index (χ2n) is 7.87. The zero-order valence-electron chi connectivity index (χ0n) is 17.5. The van der Waals surface area contributed by atoms with Crippen LogP contribution in [0, 0.1) is 27.7 Å². The largest absolute Gasteiger partial charge is 0.461 e. The predicted octanol–water partition coefficient (Wildman–Crippen LogP) is 1.97. The molecule has 0 unspecified atom stereocenters. The Morgan fingerprint density at radius 3 is 2.32 bits per heavy atom. The van der Waals surface area contributed by atoms with E-state index in [1.165, 1.54) is 4.90 Å². The lowest BCUT2D eigenvalue weighted by atomic mass is 9.99. The number of carbonyl (C=O) groups is 1. The van der Waals surface area contributed by atoms with Crippen LogP contribution in [-0.2, 0) is 11.2 Å². The second-order valence-corrected chi connectivity index (χ2v) is 7.87. The summed E-state index contributed by atoms with van der Waals surface area (Å²) in [7, 11) is 4.15. The molecule has 0 aliphatic carbocycles. The Hall–Kier alpha value is -2.60. The Bertz CT molecular complexity index is 1110. The van der Waals surface area contributed by atoms with Crippen LogP contribution in [0.1, 0.15) is 34.4 Å². The summed E-state index contributed by atoms with van der Waals surface area (Å²) >= 11 is 0. The van der Waals surface area contributed by atoms with Crippen molar-refractivity contribution in [3.63, 3.8) is 0 Å². The van der Waals surface area contributed by atoms with E-state index >= 15 is 0 Å². The molecule has 28 heavy (non-hydrogen) atoms. The first-order valence-electron chi connectivity index (χ1n) is 9.72. The van der Waals surface area contributed by atoms with E-state index in [9.17, 15) is 9.59 Å². The normalized spacial score (nSPS) is 11.7. The Balaban J connectivity index is 1.96. The van der Waals surface area contributed by atoms with Crippen LogP contribution >= 0.6 is 0 Å². The number of benzene rings is 1. The van der Waals surface area contributed by atoms with Gasteiger partial charge in [0.15, 0.2) is 0 Å². The third-order valence-corrected chi connectivity index (χ3v) is 5.46. The third-order valence-electron chi connectivity index (χ3n) is 5.46. The average molecular weight is 385 g/mol. The molecule has 1 aromatic carbocycles. The van der Waals surface area contributed by atoms with Crippen molar-refractivity contribution in [1.82, 2.24) is 5.32 Å². The summed E-state index contributed by atoms with van der Waals surface area (Å²) in [6.45, 7) is 9.31. The molecule has 2 aromatic heterocycles. The fraction of sp³-hybridized carbons (Fsp3) is 0.455. The number of hydrogen-bond acceptors (Lipinski definition) is 4. The fourth-order valence-electron chi connectivity index (χ4n) is 3.59.